The van der Waals surface area contributed by atoms with Crippen LogP contribution < -0.4 is 0 Å². The van der Waals surface area contributed by atoms with Crippen LogP contribution in [0, 0.1) is 17.3 Å². The quantitative estimate of drug-likeness (QED) is 0.711. The fourth-order valence-corrected chi connectivity index (χ4v) is 6.59. The van der Waals surface area contributed by atoms with Crippen LogP contribution in [0.25, 0.3) is 0 Å². The van der Waals surface area contributed by atoms with Crippen molar-refractivity contribution in [3.63, 3.8) is 0 Å². The van der Waals surface area contributed by atoms with Crippen LogP contribution in [0.15, 0.2) is 0 Å². The molecule has 3 heterocycles. The van der Waals surface area contributed by atoms with E-state index in [-0.39, 0.29) is 5.60 Å². The zero-order valence-electron chi connectivity index (χ0n) is 15.5. The van der Waals surface area contributed by atoms with Crippen molar-refractivity contribution in [3.05, 3.63) is 0 Å². The maximum atomic E-state index is 6.83. The summed E-state index contributed by atoms with van der Waals surface area (Å²) in [6.07, 6.45) is 15.1. The van der Waals surface area contributed by atoms with Crippen LogP contribution in [-0.2, 0) is 14.2 Å². The lowest BCUT2D eigenvalue weighted by atomic mass is 9.57. The minimum Gasteiger partial charge on any atom is -0.374 e. The number of epoxide rings is 2. The molecule has 6 unspecified atom stereocenters. The molecule has 136 valence electrons. The molecule has 0 aromatic carbocycles. The van der Waals surface area contributed by atoms with E-state index < -0.39 is 0 Å². The second-order valence-electron chi connectivity index (χ2n) is 9.38. The molecular formula is C21H34O3. The molecule has 3 heteroatoms. The maximum absolute atomic E-state index is 6.83. The normalized spacial score (nSPS) is 52.2. The maximum Gasteiger partial charge on any atom is 0.0845 e. The molecule has 24 heavy (non-hydrogen) atoms. The van der Waals surface area contributed by atoms with Crippen molar-refractivity contribution < 1.29 is 14.2 Å². The monoisotopic (exact) mass is 334 g/mol. The molecule has 6 atom stereocenters. The average molecular weight is 335 g/mol. The van der Waals surface area contributed by atoms with E-state index in [4.69, 9.17) is 14.2 Å². The van der Waals surface area contributed by atoms with Crippen LogP contribution in [0.5, 0.6) is 0 Å². The Morgan fingerprint density at radius 2 is 1.38 bits per heavy atom. The Morgan fingerprint density at radius 3 is 1.88 bits per heavy atom. The lowest BCUT2D eigenvalue weighted by Crippen LogP contribution is -2.56. The second kappa shape index (κ2) is 5.69. The van der Waals surface area contributed by atoms with E-state index in [1.54, 1.807) is 0 Å². The molecule has 3 nitrogen and oxygen atoms in total. The third kappa shape index (κ3) is 2.49. The molecule has 5 aliphatic rings. The number of fused-ring (bicyclic) bond motifs is 2. The van der Waals surface area contributed by atoms with E-state index in [2.05, 4.69) is 13.8 Å². The van der Waals surface area contributed by atoms with E-state index in [0.717, 1.165) is 6.61 Å². The van der Waals surface area contributed by atoms with Gasteiger partial charge >= 0.3 is 0 Å². The molecule has 2 saturated carbocycles. The molecule has 0 amide bonds. The summed E-state index contributed by atoms with van der Waals surface area (Å²) in [4.78, 5) is 0. The standard InChI is InChI=1S/C21H34O3/c1-3-20(4-2)9-10-22-21(13-20,14-5-7-16-18(11-14)23-16)15-6-8-17-19(12-15)24-17/h14-19H,3-13H2,1-2H3. The molecule has 0 aromatic rings. The molecular weight excluding hydrogens is 300 g/mol. The first kappa shape index (κ1) is 16.1. The van der Waals surface area contributed by atoms with Crippen molar-refractivity contribution in [3.8, 4) is 0 Å². The summed E-state index contributed by atoms with van der Waals surface area (Å²) in [7, 11) is 0. The summed E-state index contributed by atoms with van der Waals surface area (Å²) in [6, 6.07) is 0. The fraction of sp³-hybridized carbons (Fsp3) is 1.00. The van der Waals surface area contributed by atoms with E-state index >= 15 is 0 Å². The Hall–Kier alpha value is -0.120. The van der Waals surface area contributed by atoms with Crippen molar-refractivity contribution in [2.24, 2.45) is 17.3 Å². The van der Waals surface area contributed by atoms with Crippen molar-refractivity contribution in [1.29, 1.82) is 0 Å². The number of hydrogen-bond acceptors (Lipinski definition) is 3. The predicted molar refractivity (Wildman–Crippen MR) is 92.9 cm³/mol. The van der Waals surface area contributed by atoms with Crippen LogP contribution in [0.4, 0.5) is 0 Å². The highest BCUT2D eigenvalue weighted by atomic mass is 16.6. The van der Waals surface area contributed by atoms with Gasteiger partial charge < -0.3 is 14.2 Å². The highest BCUT2D eigenvalue weighted by Crippen LogP contribution is 2.58. The molecule has 0 bridgehead atoms. The van der Waals surface area contributed by atoms with Gasteiger partial charge in [-0.25, -0.2) is 0 Å². The van der Waals surface area contributed by atoms with E-state index in [1.165, 1.54) is 64.2 Å². The van der Waals surface area contributed by atoms with Gasteiger partial charge in [-0.2, -0.15) is 0 Å². The Kier molecular flexibility index (Phi) is 3.81. The van der Waals surface area contributed by atoms with Crippen molar-refractivity contribution >= 4 is 0 Å². The fourth-order valence-electron chi connectivity index (χ4n) is 6.59. The SMILES string of the molecule is CCC1(CC)CCOC(C2CCC3OC3C2)(C2CCC3OC3C2)C1. The number of hydrogen-bond donors (Lipinski definition) is 0. The lowest BCUT2D eigenvalue weighted by Gasteiger charge is -2.55. The van der Waals surface area contributed by atoms with Crippen LogP contribution in [0.1, 0.15) is 78.1 Å². The summed E-state index contributed by atoms with van der Waals surface area (Å²) < 4.78 is 18.6. The first-order valence-electron chi connectivity index (χ1n) is 10.6. The summed E-state index contributed by atoms with van der Waals surface area (Å²) in [5, 5.41) is 0. The Bertz CT molecular complexity index is 457. The van der Waals surface area contributed by atoms with Crippen molar-refractivity contribution in [2.45, 2.75) is 108 Å². The van der Waals surface area contributed by atoms with Gasteiger partial charge in [0, 0.05) is 6.61 Å². The molecule has 3 saturated heterocycles. The van der Waals surface area contributed by atoms with Gasteiger partial charge in [-0.05, 0) is 68.6 Å². The summed E-state index contributed by atoms with van der Waals surface area (Å²) in [6.45, 7) is 5.78. The third-order valence-electron chi connectivity index (χ3n) is 8.54. The minimum absolute atomic E-state index is 0.109. The highest BCUT2D eigenvalue weighted by Gasteiger charge is 2.59. The Labute approximate surface area is 146 Å². The van der Waals surface area contributed by atoms with Crippen molar-refractivity contribution in [1.82, 2.24) is 0 Å². The minimum atomic E-state index is 0.109. The predicted octanol–water partition coefficient (Wildman–Crippen LogP) is 4.48. The topological polar surface area (TPSA) is 34.3 Å². The van der Waals surface area contributed by atoms with Gasteiger partial charge in [0.1, 0.15) is 0 Å². The van der Waals surface area contributed by atoms with Gasteiger partial charge in [0.2, 0.25) is 0 Å². The van der Waals surface area contributed by atoms with Gasteiger partial charge in [-0.1, -0.05) is 26.7 Å². The Morgan fingerprint density at radius 1 is 0.792 bits per heavy atom. The Balaban J connectivity index is 1.45. The lowest BCUT2D eigenvalue weighted by molar-refractivity contribution is -0.198. The summed E-state index contributed by atoms with van der Waals surface area (Å²) >= 11 is 0. The van der Waals surface area contributed by atoms with Gasteiger partial charge in [0.05, 0.1) is 30.0 Å². The number of rotatable bonds is 4. The van der Waals surface area contributed by atoms with Gasteiger partial charge in [-0.3, -0.25) is 0 Å². The zero-order valence-corrected chi connectivity index (χ0v) is 15.5. The first-order chi connectivity index (χ1) is 11.7. The average Bonchev–Trinajstić information content (AvgIpc) is 3.54. The summed E-state index contributed by atoms with van der Waals surface area (Å²) in [5.74, 6) is 1.42. The van der Waals surface area contributed by atoms with Gasteiger partial charge in [0.25, 0.3) is 0 Å². The molecule has 0 spiro atoms. The van der Waals surface area contributed by atoms with Gasteiger partial charge in [0.15, 0.2) is 0 Å². The molecule has 0 radical (unpaired) electrons. The van der Waals surface area contributed by atoms with Crippen LogP contribution >= 0.6 is 0 Å². The molecule has 0 N–H and O–H groups in total. The third-order valence-corrected chi connectivity index (χ3v) is 8.54. The van der Waals surface area contributed by atoms with E-state index in [1.807, 2.05) is 0 Å². The molecule has 3 aliphatic heterocycles. The molecule has 0 aromatic heterocycles. The van der Waals surface area contributed by atoms with Crippen molar-refractivity contribution in [2.75, 3.05) is 6.61 Å². The second-order valence-corrected chi connectivity index (χ2v) is 9.38. The van der Waals surface area contributed by atoms with Crippen LogP contribution in [-0.4, -0.2) is 36.6 Å². The molecule has 5 rings (SSSR count). The molecule has 5 fully saturated rings. The van der Waals surface area contributed by atoms with E-state index in [9.17, 15) is 0 Å². The highest BCUT2D eigenvalue weighted by molar-refractivity contribution is 5.09. The van der Waals surface area contributed by atoms with Crippen LogP contribution in [0.2, 0.25) is 0 Å². The largest absolute Gasteiger partial charge is 0.374 e. The van der Waals surface area contributed by atoms with Gasteiger partial charge in [-0.15, -0.1) is 0 Å². The van der Waals surface area contributed by atoms with E-state index in [0.29, 0.717) is 41.7 Å². The summed E-state index contributed by atoms with van der Waals surface area (Å²) in [5.41, 5.74) is 0.610. The van der Waals surface area contributed by atoms with Crippen LogP contribution in [0.3, 0.4) is 0 Å². The smallest absolute Gasteiger partial charge is 0.0845 e. The number of ether oxygens (including phenoxy) is 3. The zero-order chi connectivity index (χ0) is 16.4. The first-order valence-corrected chi connectivity index (χ1v) is 10.6. The molecule has 2 aliphatic carbocycles.